The second kappa shape index (κ2) is 12.1. The molecule has 1 aromatic heterocycles. The first-order chi connectivity index (χ1) is 18.6. The minimum absolute atomic E-state index is 0.418. The van der Waals surface area contributed by atoms with Crippen LogP contribution in [0.2, 0.25) is 0 Å². The van der Waals surface area contributed by atoms with Crippen molar-refractivity contribution in [1.29, 1.82) is 0 Å². The molecule has 0 spiro atoms. The number of carbonyl (C=O) groups is 1. The number of hydrogen-bond donors (Lipinski definition) is 1. The molecule has 1 amide bonds. The summed E-state index contributed by atoms with van der Waals surface area (Å²) in [6, 6.07) is 15.8. The molecular formula is C31H35N5O3. The highest BCUT2D eigenvalue weighted by Gasteiger charge is 2.18. The number of alkyl carbamates (subject to hydrolysis) is 1. The Kier molecular flexibility index (Phi) is 8.62. The molecule has 8 heteroatoms. The van der Waals surface area contributed by atoms with E-state index in [0.717, 1.165) is 52.4 Å². The van der Waals surface area contributed by atoms with Gasteiger partial charge in [0.05, 0.1) is 25.5 Å². The van der Waals surface area contributed by atoms with Crippen molar-refractivity contribution >= 4 is 23.2 Å². The summed E-state index contributed by atoms with van der Waals surface area (Å²) in [4.78, 5) is 27.1. The molecule has 0 unspecified atom stereocenters. The van der Waals surface area contributed by atoms with E-state index in [1.165, 1.54) is 0 Å². The molecule has 1 N–H and O–H groups in total. The van der Waals surface area contributed by atoms with Crippen LogP contribution >= 0.6 is 0 Å². The maximum Gasteiger partial charge on any atom is 0.407 e. The second-order valence-electron chi connectivity index (χ2n) is 10.5. The molecule has 0 radical (unpaired) electrons. The third-order valence-corrected chi connectivity index (χ3v) is 6.27. The van der Waals surface area contributed by atoms with Gasteiger partial charge in [0.1, 0.15) is 17.2 Å². The fourth-order valence-electron chi connectivity index (χ4n) is 4.38. The van der Waals surface area contributed by atoms with Crippen molar-refractivity contribution in [3.8, 4) is 11.1 Å². The third-order valence-electron chi connectivity index (χ3n) is 6.27. The molecule has 0 atom stereocenters. The minimum atomic E-state index is -0.523. The summed E-state index contributed by atoms with van der Waals surface area (Å²) in [6.45, 7) is 22.7. The average Bonchev–Trinajstić information content (AvgIpc) is 2.92. The number of hydrogen-bond acceptors (Lipinski definition) is 6. The Hall–Kier alpha value is -4.22. The van der Waals surface area contributed by atoms with Crippen molar-refractivity contribution in [2.24, 2.45) is 0 Å². The van der Waals surface area contributed by atoms with Gasteiger partial charge >= 0.3 is 6.09 Å². The van der Waals surface area contributed by atoms with Crippen molar-refractivity contribution in [2.75, 3.05) is 37.7 Å². The quantitative estimate of drug-likeness (QED) is 0.383. The molecule has 2 aromatic carbocycles. The molecular weight excluding hydrogens is 490 g/mol. The van der Waals surface area contributed by atoms with E-state index < -0.39 is 11.7 Å². The molecule has 39 heavy (non-hydrogen) atoms. The fourth-order valence-corrected chi connectivity index (χ4v) is 4.38. The van der Waals surface area contributed by atoms with E-state index >= 15 is 0 Å². The Morgan fingerprint density at radius 1 is 1.13 bits per heavy atom. The predicted octanol–water partition coefficient (Wildman–Crippen LogP) is 5.97. The van der Waals surface area contributed by atoms with Crippen molar-refractivity contribution < 1.29 is 14.3 Å². The van der Waals surface area contributed by atoms with Crippen molar-refractivity contribution in [1.82, 2.24) is 15.3 Å². The molecule has 202 valence electrons. The number of benzene rings is 2. The van der Waals surface area contributed by atoms with E-state index in [4.69, 9.17) is 16.0 Å². The summed E-state index contributed by atoms with van der Waals surface area (Å²) in [5, 5.41) is 2.80. The van der Waals surface area contributed by atoms with Gasteiger partial charge in [-0.2, -0.15) is 0 Å². The number of rotatable bonds is 7. The average molecular weight is 526 g/mol. The van der Waals surface area contributed by atoms with Gasteiger partial charge in [0.15, 0.2) is 5.69 Å². The molecule has 3 aromatic rings. The van der Waals surface area contributed by atoms with Crippen LogP contribution in [0.25, 0.3) is 21.5 Å². The van der Waals surface area contributed by atoms with E-state index in [0.29, 0.717) is 37.7 Å². The lowest BCUT2D eigenvalue weighted by molar-refractivity contribution is 0.0528. The van der Waals surface area contributed by atoms with Gasteiger partial charge in [-0.05, 0) is 68.0 Å². The normalized spacial score (nSPS) is 13.5. The van der Waals surface area contributed by atoms with Crippen LogP contribution in [0.3, 0.4) is 0 Å². The lowest BCUT2D eigenvalue weighted by atomic mass is 9.92. The van der Waals surface area contributed by atoms with E-state index in [1.807, 2.05) is 64.1 Å². The monoisotopic (exact) mass is 525 g/mol. The van der Waals surface area contributed by atoms with Crippen LogP contribution in [0.15, 0.2) is 55.1 Å². The highest BCUT2D eigenvalue weighted by molar-refractivity contribution is 5.88. The molecule has 2 heterocycles. The van der Waals surface area contributed by atoms with Gasteiger partial charge in [-0.15, -0.1) is 0 Å². The minimum Gasteiger partial charge on any atom is -0.444 e. The Labute approximate surface area is 230 Å². The summed E-state index contributed by atoms with van der Waals surface area (Å²) in [5.41, 5.74) is 5.41. The summed E-state index contributed by atoms with van der Waals surface area (Å²) in [7, 11) is 0. The SMILES string of the molecule is [C-]#[N+]c1ccc(-c2ccc(CCNC(=O)OC(C)(C)C)cc2)c(C(=C)c2cc(N3CCOCC3)nc(C)n2)c1. The van der Waals surface area contributed by atoms with Gasteiger partial charge in [-0.3, -0.25) is 0 Å². The molecule has 0 saturated carbocycles. The van der Waals surface area contributed by atoms with Crippen LogP contribution in [-0.4, -0.2) is 54.5 Å². The van der Waals surface area contributed by atoms with Crippen LogP contribution < -0.4 is 10.2 Å². The zero-order chi connectivity index (χ0) is 28.0. The number of nitrogens with zero attached hydrogens (tertiary/aromatic N) is 4. The zero-order valence-electron chi connectivity index (χ0n) is 23.1. The molecule has 1 aliphatic rings. The molecule has 1 fully saturated rings. The molecule has 1 aliphatic heterocycles. The first-order valence-corrected chi connectivity index (χ1v) is 13.1. The van der Waals surface area contributed by atoms with Gasteiger partial charge in [-0.25, -0.2) is 19.6 Å². The summed E-state index contributed by atoms with van der Waals surface area (Å²) >= 11 is 0. The summed E-state index contributed by atoms with van der Waals surface area (Å²) in [5.74, 6) is 1.52. The Balaban J connectivity index is 1.55. The zero-order valence-corrected chi connectivity index (χ0v) is 23.1. The maximum absolute atomic E-state index is 11.9. The van der Waals surface area contributed by atoms with Crippen LogP contribution in [0.1, 0.15) is 43.4 Å². The Morgan fingerprint density at radius 2 is 1.85 bits per heavy atom. The number of carbonyl (C=O) groups excluding carboxylic acids is 1. The topological polar surface area (TPSA) is 80.9 Å². The Bertz CT molecular complexity index is 1380. The molecule has 8 nitrogen and oxygen atoms in total. The molecule has 0 bridgehead atoms. The number of morpholine rings is 1. The lowest BCUT2D eigenvalue weighted by Gasteiger charge is -2.28. The molecule has 0 aliphatic carbocycles. The number of nitrogens with one attached hydrogen (secondary N) is 1. The van der Waals surface area contributed by atoms with Crippen LogP contribution in [0, 0.1) is 13.5 Å². The number of amides is 1. The van der Waals surface area contributed by atoms with Crippen LogP contribution in [0.4, 0.5) is 16.3 Å². The van der Waals surface area contributed by atoms with Crippen LogP contribution in [-0.2, 0) is 15.9 Å². The van der Waals surface area contributed by atoms with Gasteiger partial charge in [-0.1, -0.05) is 43.0 Å². The van der Waals surface area contributed by atoms with E-state index in [2.05, 4.69) is 43.7 Å². The number of ether oxygens (including phenoxy) is 2. The highest BCUT2D eigenvalue weighted by Crippen LogP contribution is 2.35. The van der Waals surface area contributed by atoms with Crippen molar-refractivity contribution in [3.05, 3.63) is 89.2 Å². The summed E-state index contributed by atoms with van der Waals surface area (Å²) < 4.78 is 10.8. The van der Waals surface area contributed by atoms with Gasteiger partial charge in [0, 0.05) is 25.7 Å². The van der Waals surface area contributed by atoms with E-state index in [1.54, 1.807) is 0 Å². The lowest BCUT2D eigenvalue weighted by Crippen LogP contribution is -2.37. The predicted molar refractivity (Wildman–Crippen MR) is 154 cm³/mol. The highest BCUT2D eigenvalue weighted by atomic mass is 16.6. The summed E-state index contributed by atoms with van der Waals surface area (Å²) in [6.07, 6.45) is 0.263. The fraction of sp³-hybridized carbons (Fsp3) is 0.355. The second-order valence-corrected chi connectivity index (χ2v) is 10.5. The maximum atomic E-state index is 11.9. The largest absolute Gasteiger partial charge is 0.444 e. The van der Waals surface area contributed by atoms with E-state index in [9.17, 15) is 4.79 Å². The standard InChI is InChI=1S/C31H35N5O3/c1-21(28-20-29(35-22(2)34-28)36-15-17-38-18-16-36)27-19-25(32-6)11-12-26(27)24-9-7-23(8-10-24)13-14-33-30(37)39-31(3,4)5/h7-12,19-20H,1,13-18H2,2-5H3,(H,33,37). The molecule has 1 saturated heterocycles. The number of aromatic nitrogens is 2. The van der Waals surface area contributed by atoms with Crippen molar-refractivity contribution in [3.63, 3.8) is 0 Å². The number of anilines is 1. The number of aryl methyl sites for hydroxylation is 1. The third kappa shape index (κ3) is 7.43. The van der Waals surface area contributed by atoms with Gasteiger partial charge in [0.25, 0.3) is 0 Å². The van der Waals surface area contributed by atoms with Gasteiger partial charge in [0.2, 0.25) is 0 Å². The van der Waals surface area contributed by atoms with Gasteiger partial charge < -0.3 is 19.7 Å². The first kappa shape index (κ1) is 27.8. The Morgan fingerprint density at radius 3 is 2.51 bits per heavy atom. The smallest absolute Gasteiger partial charge is 0.407 e. The van der Waals surface area contributed by atoms with Crippen LogP contribution in [0.5, 0.6) is 0 Å². The van der Waals surface area contributed by atoms with Crippen molar-refractivity contribution in [2.45, 2.75) is 39.7 Å². The first-order valence-electron chi connectivity index (χ1n) is 13.1. The van der Waals surface area contributed by atoms with E-state index in [-0.39, 0.29) is 0 Å². The molecule has 4 rings (SSSR count).